The summed E-state index contributed by atoms with van der Waals surface area (Å²) in [7, 11) is -4.07. The second kappa shape index (κ2) is 6.58. The maximum atomic E-state index is 13.4. The number of nitrogens with one attached hydrogen (secondary N) is 1. The van der Waals surface area contributed by atoms with Crippen molar-refractivity contribution in [2.45, 2.75) is 18.0 Å². The molecule has 0 fully saturated rings. The van der Waals surface area contributed by atoms with E-state index in [1.54, 1.807) is 0 Å². The first-order chi connectivity index (χ1) is 9.53. The molecule has 0 amide bonds. The number of sulfonamides is 1. The van der Waals surface area contributed by atoms with Gasteiger partial charge in [0.25, 0.3) is 0 Å². The van der Waals surface area contributed by atoms with E-state index in [1.165, 1.54) is 6.92 Å². The molecule has 0 atom stereocenters. The Kier molecular flexibility index (Phi) is 5.54. The van der Waals surface area contributed by atoms with Gasteiger partial charge in [-0.15, -0.1) is 0 Å². The first-order valence-electron chi connectivity index (χ1n) is 5.73. The van der Waals surface area contributed by atoms with E-state index in [1.807, 2.05) is 4.72 Å². The minimum absolute atomic E-state index is 0.0382. The van der Waals surface area contributed by atoms with Crippen molar-refractivity contribution in [1.82, 2.24) is 4.72 Å². The van der Waals surface area contributed by atoms with Gasteiger partial charge in [0, 0.05) is 17.8 Å². The zero-order valence-corrected chi connectivity index (χ0v) is 11.8. The minimum atomic E-state index is -4.48. The van der Waals surface area contributed by atoms with Crippen LogP contribution in [-0.2, 0) is 14.8 Å². The second-order valence-corrected chi connectivity index (χ2v) is 5.95. The SMILES string of the molecule is Cc1c(N)cc(S(=O)(=O)NCCOCC(F)(F)F)cc1F. The lowest BCUT2D eigenvalue weighted by atomic mass is 10.2. The van der Waals surface area contributed by atoms with Gasteiger partial charge in [-0.05, 0) is 19.1 Å². The standard InChI is InChI=1S/C11H14F4N2O3S/c1-7-9(12)4-8(5-10(7)16)21(18,19)17-2-3-20-6-11(13,14)15/h4-5,17H,2-3,6,16H2,1H3. The molecule has 120 valence electrons. The fourth-order valence-electron chi connectivity index (χ4n) is 1.35. The predicted octanol–water partition coefficient (Wildman–Crippen LogP) is 1.57. The Labute approximate surface area is 119 Å². The van der Waals surface area contributed by atoms with Crippen LogP contribution >= 0.6 is 0 Å². The van der Waals surface area contributed by atoms with Crippen molar-refractivity contribution in [3.05, 3.63) is 23.5 Å². The highest BCUT2D eigenvalue weighted by Crippen LogP contribution is 2.20. The predicted molar refractivity (Wildman–Crippen MR) is 67.6 cm³/mol. The molecule has 21 heavy (non-hydrogen) atoms. The number of hydrogen-bond donors (Lipinski definition) is 2. The van der Waals surface area contributed by atoms with Gasteiger partial charge < -0.3 is 10.5 Å². The summed E-state index contributed by atoms with van der Waals surface area (Å²) in [4.78, 5) is -0.404. The van der Waals surface area contributed by atoms with Crippen LogP contribution in [0.25, 0.3) is 0 Å². The number of rotatable bonds is 6. The van der Waals surface area contributed by atoms with Gasteiger partial charge in [-0.1, -0.05) is 0 Å². The Morgan fingerprint density at radius 1 is 1.33 bits per heavy atom. The molecule has 0 aliphatic carbocycles. The molecule has 10 heteroatoms. The van der Waals surface area contributed by atoms with E-state index >= 15 is 0 Å². The number of hydrogen-bond acceptors (Lipinski definition) is 4. The third kappa shape index (κ3) is 5.48. The minimum Gasteiger partial charge on any atom is -0.398 e. The van der Waals surface area contributed by atoms with Crippen LogP contribution in [0.15, 0.2) is 17.0 Å². The molecule has 0 aromatic heterocycles. The molecule has 1 aromatic rings. The molecule has 0 unspecified atom stereocenters. The number of halogens is 4. The van der Waals surface area contributed by atoms with E-state index in [4.69, 9.17) is 5.73 Å². The van der Waals surface area contributed by atoms with Gasteiger partial charge in [-0.2, -0.15) is 13.2 Å². The van der Waals surface area contributed by atoms with Crippen molar-refractivity contribution in [1.29, 1.82) is 0 Å². The number of ether oxygens (including phenoxy) is 1. The van der Waals surface area contributed by atoms with Crippen LogP contribution in [0.5, 0.6) is 0 Å². The highest BCUT2D eigenvalue weighted by molar-refractivity contribution is 7.89. The van der Waals surface area contributed by atoms with Crippen LogP contribution in [0.4, 0.5) is 23.2 Å². The number of benzene rings is 1. The average molecular weight is 330 g/mol. The van der Waals surface area contributed by atoms with Gasteiger partial charge in [-0.25, -0.2) is 17.5 Å². The van der Waals surface area contributed by atoms with E-state index in [0.717, 1.165) is 12.1 Å². The summed E-state index contributed by atoms with van der Waals surface area (Å²) in [6, 6.07) is 1.85. The lowest BCUT2D eigenvalue weighted by molar-refractivity contribution is -0.173. The largest absolute Gasteiger partial charge is 0.411 e. The Bertz CT molecular complexity index is 579. The Hall–Kier alpha value is -1.39. The molecule has 5 nitrogen and oxygen atoms in total. The van der Waals surface area contributed by atoms with Crippen LogP contribution in [0, 0.1) is 12.7 Å². The Balaban J connectivity index is 2.62. The van der Waals surface area contributed by atoms with Crippen molar-refractivity contribution in [2.75, 3.05) is 25.5 Å². The van der Waals surface area contributed by atoms with E-state index in [0.29, 0.717) is 0 Å². The normalized spacial score (nSPS) is 12.6. The lowest BCUT2D eigenvalue weighted by Crippen LogP contribution is -2.29. The fraction of sp³-hybridized carbons (Fsp3) is 0.455. The molecule has 0 aliphatic heterocycles. The van der Waals surface area contributed by atoms with Gasteiger partial charge in [0.2, 0.25) is 10.0 Å². The molecular formula is C11H14F4N2O3S. The van der Waals surface area contributed by atoms with Gasteiger partial charge in [0.15, 0.2) is 0 Å². The van der Waals surface area contributed by atoms with Gasteiger partial charge in [-0.3, -0.25) is 0 Å². The highest BCUT2D eigenvalue weighted by atomic mass is 32.2. The lowest BCUT2D eigenvalue weighted by Gasteiger charge is -2.10. The summed E-state index contributed by atoms with van der Waals surface area (Å²) < 4.78 is 78.6. The quantitative estimate of drug-likeness (QED) is 0.471. The van der Waals surface area contributed by atoms with E-state index in [-0.39, 0.29) is 17.8 Å². The van der Waals surface area contributed by atoms with Crippen molar-refractivity contribution in [3.8, 4) is 0 Å². The molecule has 3 N–H and O–H groups in total. The van der Waals surface area contributed by atoms with Crippen LogP contribution < -0.4 is 10.5 Å². The maximum Gasteiger partial charge on any atom is 0.411 e. The number of anilines is 1. The summed E-state index contributed by atoms with van der Waals surface area (Å²) in [6.07, 6.45) is -4.48. The number of nitrogen functional groups attached to an aromatic ring is 1. The average Bonchev–Trinajstić information content (AvgIpc) is 2.33. The molecular weight excluding hydrogens is 316 g/mol. The monoisotopic (exact) mass is 330 g/mol. The Morgan fingerprint density at radius 2 is 1.95 bits per heavy atom. The van der Waals surface area contributed by atoms with Crippen molar-refractivity contribution < 1.29 is 30.7 Å². The van der Waals surface area contributed by atoms with Gasteiger partial charge >= 0.3 is 6.18 Å². The topological polar surface area (TPSA) is 81.4 Å². The van der Waals surface area contributed by atoms with Crippen LogP contribution in [0.2, 0.25) is 0 Å². The molecule has 0 aliphatic rings. The van der Waals surface area contributed by atoms with Crippen molar-refractivity contribution in [2.24, 2.45) is 0 Å². The summed E-state index contributed by atoms with van der Waals surface area (Å²) in [5.74, 6) is -0.788. The Morgan fingerprint density at radius 3 is 2.48 bits per heavy atom. The van der Waals surface area contributed by atoms with Crippen molar-refractivity contribution in [3.63, 3.8) is 0 Å². The maximum absolute atomic E-state index is 13.4. The molecule has 0 saturated carbocycles. The molecule has 0 bridgehead atoms. The fourth-order valence-corrected chi connectivity index (χ4v) is 2.41. The molecule has 0 saturated heterocycles. The number of alkyl halides is 3. The van der Waals surface area contributed by atoms with Crippen LogP contribution in [0.3, 0.4) is 0 Å². The molecule has 0 spiro atoms. The van der Waals surface area contributed by atoms with Crippen LogP contribution in [-0.4, -0.2) is 34.4 Å². The first kappa shape index (κ1) is 17.7. The third-order valence-corrected chi connectivity index (χ3v) is 3.91. The third-order valence-electron chi connectivity index (χ3n) is 2.47. The molecule has 0 radical (unpaired) electrons. The van der Waals surface area contributed by atoms with Crippen molar-refractivity contribution >= 4 is 15.7 Å². The van der Waals surface area contributed by atoms with E-state index in [9.17, 15) is 26.0 Å². The molecule has 1 aromatic carbocycles. The first-order valence-corrected chi connectivity index (χ1v) is 7.21. The smallest absolute Gasteiger partial charge is 0.398 e. The van der Waals surface area contributed by atoms with E-state index in [2.05, 4.69) is 4.74 Å². The summed E-state index contributed by atoms with van der Waals surface area (Å²) in [6.45, 7) is -0.934. The second-order valence-electron chi connectivity index (χ2n) is 4.18. The number of nitrogens with two attached hydrogens (primary N) is 1. The van der Waals surface area contributed by atoms with Gasteiger partial charge in [0.05, 0.1) is 11.5 Å². The van der Waals surface area contributed by atoms with Gasteiger partial charge in [0.1, 0.15) is 12.4 Å². The van der Waals surface area contributed by atoms with E-state index < -0.39 is 40.1 Å². The molecule has 0 heterocycles. The zero-order chi connectivity index (χ0) is 16.3. The summed E-state index contributed by atoms with van der Waals surface area (Å²) in [5, 5.41) is 0. The zero-order valence-electron chi connectivity index (χ0n) is 11.0. The highest BCUT2D eigenvalue weighted by Gasteiger charge is 2.27. The summed E-state index contributed by atoms with van der Waals surface area (Å²) in [5.41, 5.74) is 5.54. The van der Waals surface area contributed by atoms with Crippen LogP contribution in [0.1, 0.15) is 5.56 Å². The molecule has 1 rings (SSSR count). The summed E-state index contributed by atoms with van der Waals surface area (Å²) >= 11 is 0.